The molecule has 3 atom stereocenters. The second-order valence-corrected chi connectivity index (χ2v) is 4.58. The summed E-state index contributed by atoms with van der Waals surface area (Å²) in [5.41, 5.74) is 0. The van der Waals surface area contributed by atoms with E-state index in [1.54, 1.807) is 0 Å². The average molecular weight is 182 g/mol. The molecule has 0 spiro atoms. The minimum atomic E-state index is 0.285. The molecule has 1 aliphatic heterocycles. The van der Waals surface area contributed by atoms with E-state index in [4.69, 9.17) is 0 Å². The van der Waals surface area contributed by atoms with Gasteiger partial charge in [-0.25, -0.2) is 0 Å². The quantitative estimate of drug-likeness (QED) is 0.673. The third kappa shape index (κ3) is 2.02. The van der Waals surface area contributed by atoms with Crippen LogP contribution in [0.15, 0.2) is 0 Å². The molecular formula is C10H18N2O. The molecule has 2 aliphatic rings. The van der Waals surface area contributed by atoms with E-state index in [1.807, 2.05) is 0 Å². The Bertz CT molecular complexity index is 217. The highest BCUT2D eigenvalue weighted by atomic mass is 16.2. The van der Waals surface area contributed by atoms with Crippen molar-refractivity contribution in [1.82, 2.24) is 10.2 Å². The van der Waals surface area contributed by atoms with E-state index in [9.17, 15) is 4.79 Å². The Hall–Kier alpha value is -0.570. The number of nitrogens with zero attached hydrogens (tertiary/aromatic N) is 1. The van der Waals surface area contributed by atoms with Crippen molar-refractivity contribution >= 4 is 5.91 Å². The molecule has 13 heavy (non-hydrogen) atoms. The van der Waals surface area contributed by atoms with Crippen LogP contribution in [0.4, 0.5) is 0 Å². The second kappa shape index (κ2) is 3.29. The molecule has 1 aliphatic carbocycles. The van der Waals surface area contributed by atoms with Gasteiger partial charge in [0, 0.05) is 18.5 Å². The molecule has 1 amide bonds. The highest BCUT2D eigenvalue weighted by Crippen LogP contribution is 2.37. The lowest BCUT2D eigenvalue weighted by molar-refractivity contribution is -0.123. The predicted molar refractivity (Wildman–Crippen MR) is 51.3 cm³/mol. The van der Waals surface area contributed by atoms with Crippen LogP contribution < -0.4 is 5.32 Å². The van der Waals surface area contributed by atoms with Crippen LogP contribution in [0.1, 0.15) is 19.8 Å². The van der Waals surface area contributed by atoms with Crippen LogP contribution in [0, 0.1) is 11.8 Å². The first-order valence-electron chi connectivity index (χ1n) is 5.15. The molecule has 1 N–H and O–H groups in total. The van der Waals surface area contributed by atoms with Crippen LogP contribution in [0.25, 0.3) is 0 Å². The van der Waals surface area contributed by atoms with Gasteiger partial charge in [-0.2, -0.15) is 0 Å². The van der Waals surface area contributed by atoms with Crippen molar-refractivity contribution in [2.75, 3.05) is 20.1 Å². The molecule has 0 radical (unpaired) electrons. The molecule has 0 aromatic rings. The molecule has 1 unspecified atom stereocenters. The van der Waals surface area contributed by atoms with Crippen molar-refractivity contribution < 1.29 is 4.79 Å². The molecule has 0 aromatic carbocycles. The van der Waals surface area contributed by atoms with Gasteiger partial charge in [-0.15, -0.1) is 0 Å². The lowest BCUT2D eigenvalue weighted by atomic mass is 10.2. The van der Waals surface area contributed by atoms with Gasteiger partial charge in [0.15, 0.2) is 0 Å². The highest BCUT2D eigenvalue weighted by molar-refractivity contribution is 5.81. The number of hydrogen-bond donors (Lipinski definition) is 1. The summed E-state index contributed by atoms with van der Waals surface area (Å²) in [5.74, 6) is 1.23. The molecule has 74 valence electrons. The summed E-state index contributed by atoms with van der Waals surface area (Å²) >= 11 is 0. The zero-order valence-corrected chi connectivity index (χ0v) is 8.42. The standard InChI is InChI=1S/C10H18N2O/c1-7-5-9(7)10(13)11-8-3-4-12(2)6-8/h7-9H,3-6H2,1-2H3,(H,11,13)/t7-,8?,9-/m1/s1. The van der Waals surface area contributed by atoms with Crippen molar-refractivity contribution in [2.45, 2.75) is 25.8 Å². The molecular weight excluding hydrogens is 164 g/mol. The van der Waals surface area contributed by atoms with Crippen molar-refractivity contribution in [3.05, 3.63) is 0 Å². The summed E-state index contributed by atoms with van der Waals surface area (Å²) in [5, 5.41) is 3.12. The van der Waals surface area contributed by atoms with Gasteiger partial charge >= 0.3 is 0 Å². The van der Waals surface area contributed by atoms with Crippen LogP contribution >= 0.6 is 0 Å². The van der Waals surface area contributed by atoms with Crippen LogP contribution in [-0.4, -0.2) is 37.0 Å². The van der Waals surface area contributed by atoms with Gasteiger partial charge in [0.2, 0.25) is 5.91 Å². The molecule has 1 saturated heterocycles. The molecule has 2 fully saturated rings. The van der Waals surface area contributed by atoms with E-state index in [-0.39, 0.29) is 5.91 Å². The first-order valence-corrected chi connectivity index (χ1v) is 5.15. The van der Waals surface area contributed by atoms with E-state index < -0.39 is 0 Å². The summed E-state index contributed by atoms with van der Waals surface area (Å²) in [7, 11) is 2.10. The highest BCUT2D eigenvalue weighted by Gasteiger charge is 2.40. The predicted octanol–water partition coefficient (Wildman–Crippen LogP) is 0.463. The van der Waals surface area contributed by atoms with E-state index in [0.29, 0.717) is 17.9 Å². The van der Waals surface area contributed by atoms with Gasteiger partial charge in [0.05, 0.1) is 0 Å². The Balaban J connectivity index is 1.75. The number of rotatable bonds is 2. The molecule has 3 nitrogen and oxygen atoms in total. The maximum Gasteiger partial charge on any atom is 0.223 e. The van der Waals surface area contributed by atoms with Gasteiger partial charge in [-0.05, 0) is 32.4 Å². The fourth-order valence-corrected chi connectivity index (χ4v) is 2.05. The smallest absolute Gasteiger partial charge is 0.223 e. The average Bonchev–Trinajstić information content (AvgIpc) is 2.66. The van der Waals surface area contributed by atoms with Crippen LogP contribution in [0.2, 0.25) is 0 Å². The molecule has 2 rings (SSSR count). The first kappa shape index (κ1) is 9.00. The van der Waals surface area contributed by atoms with E-state index in [2.05, 4.69) is 24.2 Å². The molecule has 0 aromatic heterocycles. The Morgan fingerprint density at radius 2 is 2.23 bits per heavy atom. The number of carbonyl (C=O) groups excluding carboxylic acids is 1. The minimum Gasteiger partial charge on any atom is -0.352 e. The minimum absolute atomic E-state index is 0.285. The first-order chi connectivity index (χ1) is 6.16. The summed E-state index contributed by atoms with van der Waals surface area (Å²) in [6.07, 6.45) is 2.21. The third-order valence-corrected chi connectivity index (χ3v) is 3.18. The van der Waals surface area contributed by atoms with Crippen LogP contribution in [0.3, 0.4) is 0 Å². The summed E-state index contributed by atoms with van der Waals surface area (Å²) in [6, 6.07) is 0.408. The van der Waals surface area contributed by atoms with Crippen molar-refractivity contribution in [3.8, 4) is 0 Å². The van der Waals surface area contributed by atoms with Crippen molar-refractivity contribution in [2.24, 2.45) is 11.8 Å². The lowest BCUT2D eigenvalue weighted by Crippen LogP contribution is -2.37. The van der Waals surface area contributed by atoms with Crippen LogP contribution in [-0.2, 0) is 4.79 Å². The monoisotopic (exact) mass is 182 g/mol. The largest absolute Gasteiger partial charge is 0.352 e. The van der Waals surface area contributed by atoms with Gasteiger partial charge in [0.1, 0.15) is 0 Å². The van der Waals surface area contributed by atoms with E-state index in [0.717, 1.165) is 25.9 Å². The Kier molecular flexibility index (Phi) is 2.28. The van der Waals surface area contributed by atoms with E-state index >= 15 is 0 Å². The number of likely N-dealkylation sites (tertiary alicyclic amines) is 1. The second-order valence-electron chi connectivity index (χ2n) is 4.58. The Morgan fingerprint density at radius 1 is 1.54 bits per heavy atom. The number of hydrogen-bond acceptors (Lipinski definition) is 2. The lowest BCUT2D eigenvalue weighted by Gasteiger charge is -2.12. The molecule has 1 heterocycles. The van der Waals surface area contributed by atoms with Gasteiger partial charge in [-0.1, -0.05) is 6.92 Å². The molecule has 3 heteroatoms. The maximum atomic E-state index is 11.5. The Morgan fingerprint density at radius 3 is 2.69 bits per heavy atom. The summed E-state index contributed by atoms with van der Waals surface area (Å²) in [6.45, 7) is 4.28. The fraction of sp³-hybridized carbons (Fsp3) is 0.900. The Labute approximate surface area is 79.5 Å². The SMILES string of the molecule is C[C@@H]1C[C@H]1C(=O)NC1CCN(C)C1. The fourth-order valence-electron chi connectivity index (χ4n) is 2.05. The summed E-state index contributed by atoms with van der Waals surface area (Å²) in [4.78, 5) is 13.8. The number of likely N-dealkylation sites (N-methyl/N-ethyl adjacent to an activating group) is 1. The van der Waals surface area contributed by atoms with Gasteiger partial charge < -0.3 is 10.2 Å². The maximum absolute atomic E-state index is 11.5. The van der Waals surface area contributed by atoms with Crippen molar-refractivity contribution in [3.63, 3.8) is 0 Å². The normalized spacial score (nSPS) is 39.1. The summed E-state index contributed by atoms with van der Waals surface area (Å²) < 4.78 is 0. The topological polar surface area (TPSA) is 32.3 Å². The third-order valence-electron chi connectivity index (χ3n) is 3.18. The zero-order valence-electron chi connectivity index (χ0n) is 8.42. The van der Waals surface area contributed by atoms with Crippen LogP contribution in [0.5, 0.6) is 0 Å². The molecule has 1 saturated carbocycles. The number of nitrogens with one attached hydrogen (secondary N) is 1. The van der Waals surface area contributed by atoms with E-state index in [1.165, 1.54) is 0 Å². The van der Waals surface area contributed by atoms with Gasteiger partial charge in [0.25, 0.3) is 0 Å². The van der Waals surface area contributed by atoms with Crippen molar-refractivity contribution in [1.29, 1.82) is 0 Å². The number of carbonyl (C=O) groups is 1. The number of amides is 1. The van der Waals surface area contributed by atoms with Gasteiger partial charge in [-0.3, -0.25) is 4.79 Å². The zero-order chi connectivity index (χ0) is 9.42. The molecule has 0 bridgehead atoms.